The SMILES string of the molecule is c1ccc(-c2cccc(-c3nc(-c4cccc5oc6ccc(-c7ccc(-c8ccc9c(c8)C8(c%10ccccc%10-c%10ccccc%108)c8ccccc8-9)cc7)cc6c45)nc(-c4cccc5sc6ccccc6c45)n3)c2)cc1. The van der Waals surface area contributed by atoms with E-state index in [0.29, 0.717) is 17.5 Å². The van der Waals surface area contributed by atoms with Gasteiger partial charge in [0.15, 0.2) is 17.5 Å². The van der Waals surface area contributed by atoms with Crippen LogP contribution in [0.3, 0.4) is 0 Å². The maximum absolute atomic E-state index is 6.65. The summed E-state index contributed by atoms with van der Waals surface area (Å²) in [5.41, 5.74) is 21.4. The molecule has 0 aliphatic heterocycles. The van der Waals surface area contributed by atoms with Crippen molar-refractivity contribution in [2.75, 3.05) is 0 Å². The maximum atomic E-state index is 6.65. The predicted molar refractivity (Wildman–Crippen MR) is 309 cm³/mol. The fraction of sp³-hybridized carbons (Fsp3) is 0.0143. The van der Waals surface area contributed by atoms with Gasteiger partial charge in [-0.05, 0) is 120 Å². The van der Waals surface area contributed by atoms with Gasteiger partial charge in [0.05, 0.1) is 5.41 Å². The van der Waals surface area contributed by atoms with Gasteiger partial charge in [0, 0.05) is 47.6 Å². The van der Waals surface area contributed by atoms with Crippen LogP contribution in [0.25, 0.3) is 132 Å². The van der Waals surface area contributed by atoms with E-state index in [1.165, 1.54) is 70.4 Å². The molecular formula is C70H41N3OS. The first kappa shape index (κ1) is 42.0. The van der Waals surface area contributed by atoms with Crippen molar-refractivity contribution in [3.05, 3.63) is 271 Å². The van der Waals surface area contributed by atoms with Gasteiger partial charge in [0.25, 0.3) is 0 Å². The van der Waals surface area contributed by atoms with Gasteiger partial charge in [-0.25, -0.2) is 15.0 Å². The van der Waals surface area contributed by atoms with Crippen molar-refractivity contribution in [1.29, 1.82) is 0 Å². The van der Waals surface area contributed by atoms with E-state index in [1.807, 2.05) is 18.2 Å². The largest absolute Gasteiger partial charge is 0.456 e. The number of fused-ring (bicyclic) bond motifs is 16. The van der Waals surface area contributed by atoms with E-state index in [-0.39, 0.29) is 5.41 Å². The molecule has 0 saturated heterocycles. The Bertz CT molecular complexity index is 4600. The highest BCUT2D eigenvalue weighted by Crippen LogP contribution is 2.63. The van der Waals surface area contributed by atoms with Gasteiger partial charge in [-0.15, -0.1) is 11.3 Å². The maximum Gasteiger partial charge on any atom is 0.164 e. The third kappa shape index (κ3) is 6.26. The number of hydrogen-bond donors (Lipinski definition) is 0. The van der Waals surface area contributed by atoms with Crippen LogP contribution in [0.2, 0.25) is 0 Å². The van der Waals surface area contributed by atoms with Crippen molar-refractivity contribution in [2.24, 2.45) is 0 Å². The Morgan fingerprint density at radius 3 is 1.48 bits per heavy atom. The molecule has 5 heteroatoms. The smallest absolute Gasteiger partial charge is 0.164 e. The fourth-order valence-electron chi connectivity index (χ4n) is 12.5. The van der Waals surface area contributed by atoms with Crippen LogP contribution >= 0.6 is 11.3 Å². The van der Waals surface area contributed by atoms with E-state index >= 15 is 0 Å². The lowest BCUT2D eigenvalue weighted by Crippen LogP contribution is -2.25. The van der Waals surface area contributed by atoms with Crippen LogP contribution in [0.1, 0.15) is 22.3 Å². The summed E-state index contributed by atoms with van der Waals surface area (Å²) in [5, 5.41) is 4.31. The number of rotatable bonds is 6. The molecule has 3 aromatic heterocycles. The summed E-state index contributed by atoms with van der Waals surface area (Å²) in [6, 6.07) is 89.8. The Hall–Kier alpha value is -9.55. The Morgan fingerprint density at radius 1 is 0.280 bits per heavy atom. The van der Waals surface area contributed by atoms with Gasteiger partial charge >= 0.3 is 0 Å². The van der Waals surface area contributed by atoms with E-state index in [0.717, 1.165) is 66.3 Å². The lowest BCUT2D eigenvalue weighted by molar-refractivity contribution is 0.669. The second-order valence-corrected chi connectivity index (χ2v) is 20.8. The summed E-state index contributed by atoms with van der Waals surface area (Å²) in [7, 11) is 0. The zero-order valence-electron chi connectivity index (χ0n) is 40.3. The molecule has 0 unspecified atom stereocenters. The summed E-state index contributed by atoms with van der Waals surface area (Å²) in [6.45, 7) is 0. The Labute approximate surface area is 436 Å². The highest BCUT2D eigenvalue weighted by Gasteiger charge is 2.51. The highest BCUT2D eigenvalue weighted by atomic mass is 32.1. The van der Waals surface area contributed by atoms with Crippen molar-refractivity contribution in [2.45, 2.75) is 5.41 Å². The molecule has 0 bridgehead atoms. The number of furan rings is 1. The highest BCUT2D eigenvalue weighted by molar-refractivity contribution is 7.25. The normalized spacial score (nSPS) is 12.9. The van der Waals surface area contributed by atoms with Crippen molar-refractivity contribution in [3.8, 4) is 89.8 Å². The topological polar surface area (TPSA) is 51.8 Å². The van der Waals surface area contributed by atoms with E-state index in [9.17, 15) is 0 Å². The van der Waals surface area contributed by atoms with E-state index < -0.39 is 0 Å². The summed E-state index contributed by atoms with van der Waals surface area (Å²) >= 11 is 1.79. The van der Waals surface area contributed by atoms with E-state index in [1.54, 1.807) is 11.3 Å². The zero-order valence-corrected chi connectivity index (χ0v) is 41.1. The van der Waals surface area contributed by atoms with Crippen LogP contribution in [0.4, 0.5) is 0 Å². The first-order valence-electron chi connectivity index (χ1n) is 25.5. The van der Waals surface area contributed by atoms with Crippen LogP contribution < -0.4 is 0 Å². The third-order valence-electron chi connectivity index (χ3n) is 15.8. The van der Waals surface area contributed by atoms with Gasteiger partial charge in [-0.3, -0.25) is 0 Å². The van der Waals surface area contributed by atoms with Crippen molar-refractivity contribution in [1.82, 2.24) is 15.0 Å². The second kappa shape index (κ2) is 16.2. The molecule has 0 atom stereocenters. The first-order valence-corrected chi connectivity index (χ1v) is 26.3. The number of nitrogens with zero attached hydrogens (tertiary/aromatic N) is 3. The van der Waals surface area contributed by atoms with Crippen LogP contribution in [-0.4, -0.2) is 15.0 Å². The van der Waals surface area contributed by atoms with Gasteiger partial charge in [-0.1, -0.05) is 206 Å². The van der Waals surface area contributed by atoms with E-state index in [2.05, 4.69) is 231 Å². The lowest BCUT2D eigenvalue weighted by atomic mass is 9.70. The molecule has 75 heavy (non-hydrogen) atoms. The second-order valence-electron chi connectivity index (χ2n) is 19.7. The monoisotopic (exact) mass is 971 g/mol. The molecular weight excluding hydrogens is 931 g/mol. The average molecular weight is 972 g/mol. The summed E-state index contributed by atoms with van der Waals surface area (Å²) in [6.07, 6.45) is 0. The van der Waals surface area contributed by atoms with Gasteiger partial charge in [0.1, 0.15) is 11.2 Å². The van der Waals surface area contributed by atoms with Crippen LogP contribution in [-0.2, 0) is 5.41 Å². The van der Waals surface area contributed by atoms with Crippen LogP contribution in [0, 0.1) is 0 Å². The number of thiophene rings is 1. The minimum atomic E-state index is -0.387. The molecule has 3 heterocycles. The van der Waals surface area contributed by atoms with Crippen molar-refractivity contribution < 1.29 is 4.42 Å². The Morgan fingerprint density at radius 2 is 0.760 bits per heavy atom. The fourth-order valence-corrected chi connectivity index (χ4v) is 13.6. The standard InChI is InChI=1S/C70H41N3OS/c1-2-15-42(16-3-1)45-17-12-18-48(39-45)67-71-68(73-69(72-67)55-24-14-30-64-66(55)53-22-7-11-29-63(53)75-64)54-23-13-28-62-65(54)56-40-46(36-38-61(56)74-62)43-31-33-44(34-32-43)47-35-37-52-51-21-6-10-27-59(51)70(60(52)41-47)57-25-8-4-19-49(57)50-20-5-9-26-58(50)70/h1-41H. The Balaban J connectivity index is 0.817. The molecule has 14 aromatic rings. The zero-order chi connectivity index (χ0) is 49.2. The molecule has 11 aromatic carbocycles. The molecule has 16 rings (SSSR count). The molecule has 0 saturated carbocycles. The minimum absolute atomic E-state index is 0.387. The quantitative estimate of drug-likeness (QED) is 0.167. The third-order valence-corrected chi connectivity index (χ3v) is 16.9. The Kier molecular flexibility index (Phi) is 9.09. The van der Waals surface area contributed by atoms with Crippen LogP contribution in [0.5, 0.6) is 0 Å². The molecule has 4 nitrogen and oxygen atoms in total. The van der Waals surface area contributed by atoms with Gasteiger partial charge in [0.2, 0.25) is 0 Å². The molecule has 0 amide bonds. The molecule has 0 fully saturated rings. The first-order chi connectivity index (χ1) is 37.2. The van der Waals surface area contributed by atoms with Gasteiger partial charge in [-0.2, -0.15) is 0 Å². The van der Waals surface area contributed by atoms with Crippen molar-refractivity contribution in [3.63, 3.8) is 0 Å². The number of benzene rings is 11. The summed E-state index contributed by atoms with van der Waals surface area (Å²) in [4.78, 5) is 16.0. The predicted octanol–water partition coefficient (Wildman–Crippen LogP) is 18.5. The molecule has 2 aliphatic rings. The van der Waals surface area contributed by atoms with Crippen LogP contribution in [0.15, 0.2) is 253 Å². The molecule has 348 valence electrons. The average Bonchev–Trinajstić information content (AvgIpc) is 4.38. The van der Waals surface area contributed by atoms with Crippen molar-refractivity contribution >= 4 is 53.4 Å². The minimum Gasteiger partial charge on any atom is -0.456 e. The van der Waals surface area contributed by atoms with E-state index in [4.69, 9.17) is 19.4 Å². The number of hydrogen-bond acceptors (Lipinski definition) is 5. The van der Waals surface area contributed by atoms with Gasteiger partial charge < -0.3 is 4.42 Å². The summed E-state index contributed by atoms with van der Waals surface area (Å²) < 4.78 is 9.07. The number of aromatic nitrogens is 3. The summed E-state index contributed by atoms with van der Waals surface area (Å²) in [5.74, 6) is 1.82. The lowest BCUT2D eigenvalue weighted by Gasteiger charge is -2.30. The molecule has 0 N–H and O–H groups in total. The molecule has 0 radical (unpaired) electrons. The molecule has 1 spiro atoms. The molecule has 2 aliphatic carbocycles.